The van der Waals surface area contributed by atoms with E-state index in [0.29, 0.717) is 42.4 Å². The summed E-state index contributed by atoms with van der Waals surface area (Å²) in [7, 11) is 0. The van der Waals surface area contributed by atoms with Crippen molar-refractivity contribution in [2.45, 2.75) is 71.3 Å². The van der Waals surface area contributed by atoms with Gasteiger partial charge in [0.05, 0.1) is 0 Å². The van der Waals surface area contributed by atoms with Gasteiger partial charge in [-0.15, -0.1) is 11.6 Å². The molecule has 27 heavy (non-hydrogen) atoms. The topological polar surface area (TPSA) is 60.4 Å². The summed E-state index contributed by atoms with van der Waals surface area (Å²) in [6, 6.07) is 0.0323. The first-order valence-corrected chi connectivity index (χ1v) is 11.1. The van der Waals surface area contributed by atoms with Crippen LogP contribution in [0.25, 0.3) is 0 Å². The fraction of sp³-hybridized carbons (Fsp3) is 0.818. The average Bonchev–Trinajstić information content (AvgIpc) is 2.97. The molecule has 4 rings (SSSR count). The van der Waals surface area contributed by atoms with E-state index in [2.05, 4.69) is 13.8 Å². The molecule has 150 valence electrons. The number of allylic oxidation sites excluding steroid dienone is 1. The lowest BCUT2D eigenvalue weighted by Crippen LogP contribution is -2.57. The van der Waals surface area contributed by atoms with E-state index in [0.717, 1.165) is 44.9 Å². The van der Waals surface area contributed by atoms with Crippen LogP contribution in [-0.2, 0) is 4.79 Å². The highest BCUT2D eigenvalue weighted by Crippen LogP contribution is 2.65. The number of rotatable bonds is 3. The van der Waals surface area contributed by atoms with Crippen molar-refractivity contribution in [2.75, 3.05) is 12.4 Å². The fourth-order valence-electron chi connectivity index (χ4n) is 7.51. The molecule has 3 fully saturated rings. The van der Waals surface area contributed by atoms with Gasteiger partial charge in [0.15, 0.2) is 5.78 Å². The van der Waals surface area contributed by atoms with E-state index in [9.17, 15) is 14.7 Å². The number of carbonyl (C=O) groups excluding carboxylic acids is 2. The predicted molar refractivity (Wildman–Crippen MR) is 103 cm³/mol. The van der Waals surface area contributed by atoms with Gasteiger partial charge in [0.2, 0.25) is 0 Å². The molecule has 4 aliphatic rings. The number of halogens is 1. The predicted octanol–water partition coefficient (Wildman–Crippen LogP) is 3.77. The molecule has 0 aromatic carbocycles. The molecule has 0 spiro atoms. The Hall–Kier alpha value is -1.03. The Labute approximate surface area is 167 Å². The largest absolute Gasteiger partial charge is 0.530 e. The Kier molecular flexibility index (Phi) is 4.85. The molecule has 0 aliphatic heterocycles. The first kappa shape index (κ1) is 19.3. The van der Waals surface area contributed by atoms with Gasteiger partial charge in [-0.1, -0.05) is 19.4 Å². The summed E-state index contributed by atoms with van der Waals surface area (Å²) in [5.74, 6) is 2.45. The van der Waals surface area contributed by atoms with Crippen molar-refractivity contribution in [3.8, 4) is 0 Å². The van der Waals surface area contributed by atoms with Crippen LogP contribution < -0.4 is 5.11 Å². The normalized spacial score (nSPS) is 43.4. The van der Waals surface area contributed by atoms with Gasteiger partial charge in [-0.3, -0.25) is 4.79 Å². The van der Waals surface area contributed by atoms with Crippen LogP contribution in [0.5, 0.6) is 0 Å². The lowest BCUT2D eigenvalue weighted by molar-refractivity contribution is -0.270. The summed E-state index contributed by atoms with van der Waals surface area (Å²) in [5.41, 5.74) is 1.58. The molecule has 0 N–H and O–H groups in total. The summed E-state index contributed by atoms with van der Waals surface area (Å²) in [4.78, 5) is 25.2. The second-order valence-corrected chi connectivity index (χ2v) is 10.1. The number of amides is 1. The van der Waals surface area contributed by atoms with Crippen molar-refractivity contribution in [1.82, 2.24) is 4.90 Å². The third-order valence-corrected chi connectivity index (χ3v) is 9.02. The molecule has 0 bridgehead atoms. The summed E-state index contributed by atoms with van der Waals surface area (Å²) in [5, 5.41) is 11.8. The standard InChI is InChI=1S/C22H32ClNO3/c1-21-9-7-15(25)13-14(21)3-4-16-17-5-6-19(24(12-11-23)20(26)27)22(17,2)10-8-18(16)21/h13,16-19H,3-12H2,1-2H3,(H,26,27)/p-1/t16-,17-,18-,19?,21-,22-/m0/s1. The summed E-state index contributed by atoms with van der Waals surface area (Å²) >= 11 is 5.89. The Bertz CT molecular complexity index is 676. The molecular weight excluding hydrogens is 362 g/mol. The van der Waals surface area contributed by atoms with Crippen LogP contribution in [0.2, 0.25) is 0 Å². The highest BCUT2D eigenvalue weighted by atomic mass is 35.5. The average molecular weight is 393 g/mol. The van der Waals surface area contributed by atoms with Gasteiger partial charge >= 0.3 is 0 Å². The number of fused-ring (bicyclic) bond motifs is 5. The number of carbonyl (C=O) groups is 2. The molecular formula is C22H31ClNO3-. The van der Waals surface area contributed by atoms with Crippen LogP contribution in [0.4, 0.5) is 4.79 Å². The highest BCUT2D eigenvalue weighted by Gasteiger charge is 2.59. The zero-order valence-corrected chi connectivity index (χ0v) is 17.3. The number of ketones is 1. The van der Waals surface area contributed by atoms with Gasteiger partial charge in [0.1, 0.15) is 6.09 Å². The van der Waals surface area contributed by atoms with Crippen LogP contribution in [0.3, 0.4) is 0 Å². The minimum Gasteiger partial charge on any atom is -0.530 e. The molecule has 0 aromatic rings. The molecule has 4 nitrogen and oxygen atoms in total. The van der Waals surface area contributed by atoms with Crippen LogP contribution in [0, 0.1) is 28.6 Å². The first-order valence-electron chi connectivity index (χ1n) is 10.6. The van der Waals surface area contributed by atoms with Crippen molar-refractivity contribution >= 4 is 23.5 Å². The van der Waals surface area contributed by atoms with Gasteiger partial charge < -0.3 is 14.8 Å². The lowest BCUT2D eigenvalue weighted by atomic mass is 9.47. The smallest absolute Gasteiger partial charge is 0.155 e. The maximum absolute atomic E-state index is 11.9. The minimum atomic E-state index is -1.07. The monoisotopic (exact) mass is 392 g/mol. The molecule has 0 heterocycles. The van der Waals surface area contributed by atoms with Crippen LogP contribution in [0.1, 0.15) is 65.2 Å². The lowest BCUT2D eigenvalue weighted by Gasteiger charge is -2.58. The third-order valence-electron chi connectivity index (χ3n) is 8.85. The van der Waals surface area contributed by atoms with Crippen molar-refractivity contribution in [3.63, 3.8) is 0 Å². The van der Waals surface area contributed by atoms with Gasteiger partial charge in [0, 0.05) is 24.9 Å². The molecule has 4 aliphatic carbocycles. The van der Waals surface area contributed by atoms with Gasteiger partial charge in [-0.2, -0.15) is 0 Å². The maximum atomic E-state index is 11.9. The van der Waals surface area contributed by atoms with Crippen molar-refractivity contribution < 1.29 is 14.7 Å². The molecule has 0 aromatic heterocycles. The number of carboxylic acid groups (broad SMARTS) is 1. The summed E-state index contributed by atoms with van der Waals surface area (Å²) in [6.45, 7) is 5.06. The molecule has 0 radical (unpaired) electrons. The SMILES string of the molecule is C[C@]12CCC(=O)C=C1CC[C@@H]1[C@@H]2CC[C@]2(C)C(N(CCCl)C(=O)[O-])CC[C@@H]12. The number of hydrogen-bond acceptors (Lipinski definition) is 3. The Morgan fingerprint density at radius 1 is 1.19 bits per heavy atom. The number of hydrogen-bond donors (Lipinski definition) is 0. The zero-order valence-electron chi connectivity index (χ0n) is 16.5. The first-order chi connectivity index (χ1) is 12.8. The molecule has 6 atom stereocenters. The minimum absolute atomic E-state index is 0.0232. The fourth-order valence-corrected chi connectivity index (χ4v) is 7.69. The van der Waals surface area contributed by atoms with Crippen molar-refractivity contribution in [2.24, 2.45) is 28.6 Å². The quantitative estimate of drug-likeness (QED) is 0.687. The van der Waals surface area contributed by atoms with Gasteiger partial charge in [-0.05, 0) is 79.6 Å². The van der Waals surface area contributed by atoms with Crippen LogP contribution in [-0.4, -0.2) is 35.2 Å². The zero-order chi connectivity index (χ0) is 19.4. The van der Waals surface area contributed by atoms with Crippen molar-refractivity contribution in [1.29, 1.82) is 0 Å². The van der Waals surface area contributed by atoms with E-state index < -0.39 is 6.09 Å². The number of alkyl halides is 1. The molecule has 3 saturated carbocycles. The molecule has 5 heteroatoms. The van der Waals surface area contributed by atoms with E-state index in [4.69, 9.17) is 11.6 Å². The molecule has 1 unspecified atom stereocenters. The molecule has 1 amide bonds. The second kappa shape index (κ2) is 6.79. The maximum Gasteiger partial charge on any atom is 0.155 e. The Morgan fingerprint density at radius 3 is 2.67 bits per heavy atom. The van der Waals surface area contributed by atoms with E-state index in [1.807, 2.05) is 6.08 Å². The summed E-state index contributed by atoms with van der Waals surface area (Å²) in [6.07, 6.45) is 8.95. The third kappa shape index (κ3) is 2.85. The van der Waals surface area contributed by atoms with Crippen LogP contribution >= 0.6 is 11.6 Å². The Balaban J connectivity index is 1.62. The second-order valence-electron chi connectivity index (χ2n) is 9.75. The van der Waals surface area contributed by atoms with E-state index in [1.165, 1.54) is 10.5 Å². The van der Waals surface area contributed by atoms with E-state index >= 15 is 0 Å². The van der Waals surface area contributed by atoms with E-state index in [-0.39, 0.29) is 16.9 Å². The van der Waals surface area contributed by atoms with Crippen LogP contribution in [0.15, 0.2) is 11.6 Å². The molecule has 0 saturated heterocycles. The van der Waals surface area contributed by atoms with Gasteiger partial charge in [-0.25, -0.2) is 0 Å². The van der Waals surface area contributed by atoms with Gasteiger partial charge in [0.25, 0.3) is 0 Å². The Morgan fingerprint density at radius 2 is 1.96 bits per heavy atom. The highest BCUT2D eigenvalue weighted by molar-refractivity contribution is 6.18. The van der Waals surface area contributed by atoms with E-state index in [1.54, 1.807) is 0 Å². The van der Waals surface area contributed by atoms with Crippen molar-refractivity contribution in [3.05, 3.63) is 11.6 Å². The summed E-state index contributed by atoms with van der Waals surface area (Å²) < 4.78 is 0. The number of nitrogens with zero attached hydrogens (tertiary/aromatic N) is 1.